The number of carboxylic acids is 1. The molecule has 2 heterocycles. The highest BCUT2D eigenvalue weighted by atomic mass is 16.4. The monoisotopic (exact) mass is 463 g/mol. The number of benzene rings is 2. The number of amides is 2. The normalized spacial score (nSPS) is 19.8. The molecule has 0 spiro atoms. The molecule has 2 aliphatic heterocycles. The van der Waals surface area contributed by atoms with Gasteiger partial charge in [0.25, 0.3) is 0 Å². The Morgan fingerprint density at radius 2 is 1.44 bits per heavy atom. The number of piperazine rings is 1. The van der Waals surface area contributed by atoms with Crippen LogP contribution in [0, 0.1) is 0 Å². The van der Waals surface area contributed by atoms with Crippen molar-refractivity contribution >= 4 is 17.8 Å². The molecule has 1 unspecified atom stereocenters. The Labute approximate surface area is 201 Å². The van der Waals surface area contributed by atoms with E-state index in [-0.39, 0.29) is 36.7 Å². The fraction of sp³-hybridized carbons (Fsp3) is 0.444. The van der Waals surface area contributed by atoms with Gasteiger partial charge in [-0.15, -0.1) is 0 Å². The van der Waals surface area contributed by atoms with Gasteiger partial charge in [0, 0.05) is 39.1 Å². The van der Waals surface area contributed by atoms with E-state index in [2.05, 4.69) is 58.3 Å². The third kappa shape index (κ3) is 5.72. The maximum absolute atomic E-state index is 13.0. The second-order valence-corrected chi connectivity index (χ2v) is 9.10. The van der Waals surface area contributed by atoms with Gasteiger partial charge in [-0.05, 0) is 24.0 Å². The molecule has 7 heteroatoms. The molecule has 2 amide bonds. The van der Waals surface area contributed by atoms with Crippen molar-refractivity contribution in [1.29, 1.82) is 0 Å². The molecule has 180 valence electrons. The van der Waals surface area contributed by atoms with Crippen LogP contribution in [0.1, 0.15) is 49.3 Å². The van der Waals surface area contributed by atoms with Crippen molar-refractivity contribution in [2.75, 3.05) is 32.7 Å². The number of hydrogen-bond donors (Lipinski definition) is 1. The van der Waals surface area contributed by atoms with E-state index >= 15 is 0 Å². The smallest absolute Gasteiger partial charge is 0.303 e. The molecule has 1 atom stereocenters. The number of rotatable bonds is 10. The summed E-state index contributed by atoms with van der Waals surface area (Å²) >= 11 is 0. The lowest BCUT2D eigenvalue weighted by Gasteiger charge is -2.41. The van der Waals surface area contributed by atoms with Gasteiger partial charge in [0.1, 0.15) is 0 Å². The van der Waals surface area contributed by atoms with Gasteiger partial charge in [-0.25, -0.2) is 0 Å². The largest absolute Gasteiger partial charge is 0.481 e. The minimum atomic E-state index is -0.811. The summed E-state index contributed by atoms with van der Waals surface area (Å²) in [5.74, 6) is -1.02. The minimum absolute atomic E-state index is 0.0978. The van der Waals surface area contributed by atoms with Gasteiger partial charge in [0.05, 0.1) is 18.5 Å². The van der Waals surface area contributed by atoms with Crippen molar-refractivity contribution in [3.8, 4) is 0 Å². The number of imide groups is 1. The maximum atomic E-state index is 13.0. The summed E-state index contributed by atoms with van der Waals surface area (Å²) in [5, 5.41) is 8.74. The standard InChI is InChI=1S/C27H33N3O4/c31-24-20-23(27(34)30(24)15-9-3-8-14-25(32)33)28-16-18-29(19-17-28)26(21-10-4-1-5-11-21)22-12-6-2-7-13-22/h1-2,4-7,10-13,23,26H,3,8-9,14-20H2,(H,32,33). The summed E-state index contributed by atoms with van der Waals surface area (Å²) in [6, 6.07) is 20.8. The predicted molar refractivity (Wildman–Crippen MR) is 129 cm³/mol. The molecule has 0 bridgehead atoms. The zero-order chi connectivity index (χ0) is 23.9. The number of nitrogens with zero attached hydrogens (tertiary/aromatic N) is 3. The quantitative estimate of drug-likeness (QED) is 0.431. The molecule has 0 saturated carbocycles. The lowest BCUT2D eigenvalue weighted by molar-refractivity contribution is -0.140. The first-order valence-electron chi connectivity index (χ1n) is 12.2. The number of carbonyl (C=O) groups excluding carboxylic acids is 2. The third-order valence-corrected chi connectivity index (χ3v) is 6.88. The summed E-state index contributed by atoms with van der Waals surface area (Å²) in [7, 11) is 0. The molecule has 2 aliphatic rings. The molecular formula is C27H33N3O4. The van der Waals surface area contributed by atoms with Gasteiger partial charge in [-0.1, -0.05) is 67.1 Å². The molecule has 4 rings (SSSR count). The van der Waals surface area contributed by atoms with Crippen LogP contribution in [0.5, 0.6) is 0 Å². The van der Waals surface area contributed by atoms with Crippen molar-refractivity contribution < 1.29 is 19.5 Å². The lowest BCUT2D eigenvalue weighted by atomic mass is 9.96. The Morgan fingerprint density at radius 1 is 0.853 bits per heavy atom. The zero-order valence-corrected chi connectivity index (χ0v) is 19.5. The topological polar surface area (TPSA) is 81.2 Å². The van der Waals surface area contributed by atoms with Gasteiger partial charge in [0.2, 0.25) is 11.8 Å². The molecule has 2 saturated heterocycles. The maximum Gasteiger partial charge on any atom is 0.303 e. The van der Waals surface area contributed by atoms with Crippen molar-refractivity contribution in [1.82, 2.24) is 14.7 Å². The van der Waals surface area contributed by atoms with Crippen LogP contribution in [0.4, 0.5) is 0 Å². The minimum Gasteiger partial charge on any atom is -0.481 e. The first-order valence-corrected chi connectivity index (χ1v) is 12.2. The highest BCUT2D eigenvalue weighted by Gasteiger charge is 2.42. The summed E-state index contributed by atoms with van der Waals surface area (Å²) in [5.41, 5.74) is 2.51. The number of carboxylic acid groups (broad SMARTS) is 1. The van der Waals surface area contributed by atoms with Crippen LogP contribution in [0.15, 0.2) is 60.7 Å². The fourth-order valence-corrected chi connectivity index (χ4v) is 5.10. The van der Waals surface area contributed by atoms with Crippen LogP contribution in [0.3, 0.4) is 0 Å². The van der Waals surface area contributed by atoms with Crippen molar-refractivity contribution in [2.24, 2.45) is 0 Å². The summed E-state index contributed by atoms with van der Waals surface area (Å²) in [6.45, 7) is 3.51. The van der Waals surface area contributed by atoms with Crippen molar-refractivity contribution in [3.05, 3.63) is 71.8 Å². The van der Waals surface area contributed by atoms with Gasteiger partial charge in [-0.2, -0.15) is 0 Å². The predicted octanol–water partition coefficient (Wildman–Crippen LogP) is 3.17. The average Bonchev–Trinajstić information content (AvgIpc) is 3.14. The van der Waals surface area contributed by atoms with Gasteiger partial charge in [0.15, 0.2) is 0 Å². The van der Waals surface area contributed by atoms with Gasteiger partial charge < -0.3 is 5.11 Å². The number of hydrogen-bond acceptors (Lipinski definition) is 5. The van der Waals surface area contributed by atoms with Crippen LogP contribution in [0.2, 0.25) is 0 Å². The van der Waals surface area contributed by atoms with Crippen molar-refractivity contribution in [3.63, 3.8) is 0 Å². The molecular weight excluding hydrogens is 430 g/mol. The van der Waals surface area contributed by atoms with Gasteiger partial charge >= 0.3 is 5.97 Å². The Balaban J connectivity index is 1.35. The van der Waals surface area contributed by atoms with E-state index in [0.717, 1.165) is 26.2 Å². The average molecular weight is 464 g/mol. The van der Waals surface area contributed by atoms with E-state index in [0.29, 0.717) is 25.8 Å². The highest BCUT2D eigenvalue weighted by Crippen LogP contribution is 2.30. The van der Waals surface area contributed by atoms with Crippen LogP contribution in [-0.2, 0) is 14.4 Å². The van der Waals surface area contributed by atoms with E-state index in [4.69, 9.17) is 5.11 Å². The van der Waals surface area contributed by atoms with E-state index in [1.165, 1.54) is 16.0 Å². The van der Waals surface area contributed by atoms with Crippen molar-refractivity contribution in [2.45, 2.75) is 44.2 Å². The second kappa shape index (κ2) is 11.4. The number of aliphatic carboxylic acids is 1. The molecule has 2 fully saturated rings. The molecule has 0 aliphatic carbocycles. The Hall–Kier alpha value is -3.03. The highest BCUT2D eigenvalue weighted by molar-refractivity contribution is 6.05. The van der Waals surface area contributed by atoms with E-state index < -0.39 is 5.97 Å². The van der Waals surface area contributed by atoms with Crippen LogP contribution < -0.4 is 0 Å². The summed E-state index contributed by atoms with van der Waals surface area (Å²) in [6.07, 6.45) is 2.30. The van der Waals surface area contributed by atoms with E-state index in [1.807, 2.05) is 12.1 Å². The zero-order valence-electron chi connectivity index (χ0n) is 19.5. The molecule has 34 heavy (non-hydrogen) atoms. The Bertz CT molecular complexity index is 934. The fourth-order valence-electron chi connectivity index (χ4n) is 5.10. The summed E-state index contributed by atoms with van der Waals surface area (Å²) in [4.78, 5) is 42.2. The SMILES string of the molecule is O=C(O)CCCCCN1C(=O)CC(N2CCN(C(c3ccccc3)c3ccccc3)CC2)C1=O. The summed E-state index contributed by atoms with van der Waals surface area (Å²) < 4.78 is 0. The Morgan fingerprint density at radius 3 is 2.00 bits per heavy atom. The first-order chi connectivity index (χ1) is 16.5. The first kappa shape index (κ1) is 24.1. The third-order valence-electron chi connectivity index (χ3n) is 6.88. The lowest BCUT2D eigenvalue weighted by Crippen LogP contribution is -2.53. The van der Waals surface area contributed by atoms with Gasteiger partial charge in [-0.3, -0.25) is 29.1 Å². The molecule has 0 aromatic heterocycles. The van der Waals surface area contributed by atoms with Crippen LogP contribution >= 0.6 is 0 Å². The number of likely N-dealkylation sites (tertiary alicyclic amines) is 1. The molecule has 0 radical (unpaired) electrons. The second-order valence-electron chi connectivity index (χ2n) is 9.10. The number of carbonyl (C=O) groups is 3. The molecule has 2 aromatic carbocycles. The molecule has 7 nitrogen and oxygen atoms in total. The molecule has 1 N–H and O–H groups in total. The van der Waals surface area contributed by atoms with Crippen LogP contribution in [-0.4, -0.2) is 76.4 Å². The Kier molecular flexibility index (Phi) is 8.08. The van der Waals surface area contributed by atoms with Crippen LogP contribution in [0.25, 0.3) is 0 Å². The van der Waals surface area contributed by atoms with E-state index in [1.54, 1.807) is 0 Å². The van der Waals surface area contributed by atoms with E-state index in [9.17, 15) is 14.4 Å². The number of unbranched alkanes of at least 4 members (excludes halogenated alkanes) is 2. The molecule has 2 aromatic rings.